The highest BCUT2D eigenvalue weighted by Gasteiger charge is 2.36. The maximum absolute atomic E-state index is 3.83. The number of fused-ring (bicyclic) bond motifs is 2. The molecule has 2 aliphatic heterocycles. The summed E-state index contributed by atoms with van der Waals surface area (Å²) in [5.41, 5.74) is 6.76. The van der Waals surface area contributed by atoms with Crippen LogP contribution in [0.3, 0.4) is 0 Å². The van der Waals surface area contributed by atoms with E-state index >= 15 is 0 Å². The predicted octanol–water partition coefficient (Wildman–Crippen LogP) is 4.74. The molecule has 0 spiro atoms. The Hall–Kier alpha value is -5.62. The maximum atomic E-state index is 3.83. The Labute approximate surface area is 258 Å². The Morgan fingerprint density at radius 2 is 0.773 bits per heavy atom. The van der Waals surface area contributed by atoms with Gasteiger partial charge in [0.1, 0.15) is 11.4 Å². The van der Waals surface area contributed by atoms with Crippen LogP contribution < -0.4 is 30.9 Å². The Morgan fingerprint density at radius 3 is 1.11 bits per heavy atom. The van der Waals surface area contributed by atoms with Crippen molar-refractivity contribution in [3.8, 4) is 0 Å². The van der Waals surface area contributed by atoms with Gasteiger partial charge in [-0.15, -0.1) is 0 Å². The van der Waals surface area contributed by atoms with E-state index in [2.05, 4.69) is 191 Å². The van der Waals surface area contributed by atoms with Crippen molar-refractivity contribution in [1.82, 2.24) is 10.6 Å². The van der Waals surface area contributed by atoms with Crippen molar-refractivity contribution < 1.29 is 9.15 Å². The molecule has 0 saturated carbocycles. The molecule has 2 heterocycles. The van der Waals surface area contributed by atoms with Gasteiger partial charge in [-0.25, -0.2) is 19.8 Å². The largest absolute Gasteiger partial charge is 0.312 e. The van der Waals surface area contributed by atoms with Crippen molar-refractivity contribution in [2.45, 2.75) is 0 Å². The summed E-state index contributed by atoms with van der Waals surface area (Å²) in [5.74, 6) is 4.16. The fourth-order valence-corrected chi connectivity index (χ4v) is 6.06. The van der Waals surface area contributed by atoms with Crippen LogP contribution in [0.2, 0.25) is 0 Å². The normalized spacial score (nSPS) is 15.6. The third-order valence-corrected chi connectivity index (χ3v) is 8.57. The van der Waals surface area contributed by atoms with Gasteiger partial charge in [0.25, 0.3) is 11.7 Å². The molecule has 7 rings (SSSR count). The smallest absolute Gasteiger partial charge is 0.289 e. The number of amidine groups is 2. The van der Waals surface area contributed by atoms with Crippen molar-refractivity contribution in [3.05, 3.63) is 155 Å². The first kappa shape index (κ1) is 27.2. The summed E-state index contributed by atoms with van der Waals surface area (Å²) < 4.78 is 4.47. The van der Waals surface area contributed by atoms with Gasteiger partial charge < -0.3 is 9.80 Å². The Balaban J connectivity index is 1.53. The van der Waals surface area contributed by atoms with E-state index in [4.69, 9.17) is 0 Å². The second kappa shape index (κ2) is 11.2. The molecule has 0 bridgehead atoms. The Morgan fingerprint density at radius 1 is 0.455 bits per heavy atom. The molecule has 0 unspecified atom stereocenters. The molecule has 0 radical (unpaired) electrons. The van der Waals surface area contributed by atoms with Crippen LogP contribution in [0.4, 0.5) is 22.7 Å². The molecule has 0 amide bonds. The lowest BCUT2D eigenvalue weighted by Crippen LogP contribution is -2.33. The van der Waals surface area contributed by atoms with E-state index in [0.29, 0.717) is 0 Å². The minimum Gasteiger partial charge on any atom is -0.312 e. The molecule has 0 aliphatic carbocycles. The van der Waals surface area contributed by atoms with Gasteiger partial charge >= 0.3 is 0 Å². The van der Waals surface area contributed by atoms with Crippen LogP contribution in [0.25, 0.3) is 11.6 Å². The van der Waals surface area contributed by atoms with Crippen LogP contribution in [0.15, 0.2) is 133 Å². The van der Waals surface area contributed by atoms with Crippen LogP contribution in [-0.2, 0) is 0 Å². The number of nitrogens with zero attached hydrogens (tertiary/aromatic N) is 4. The second-order valence-corrected chi connectivity index (χ2v) is 11.2. The molecule has 0 aromatic heterocycles. The van der Waals surface area contributed by atoms with Gasteiger partial charge in [0.2, 0.25) is 11.6 Å². The second-order valence-electron chi connectivity index (χ2n) is 11.2. The van der Waals surface area contributed by atoms with Crippen molar-refractivity contribution in [1.29, 1.82) is 0 Å². The molecule has 5 aromatic carbocycles. The van der Waals surface area contributed by atoms with E-state index < -0.39 is 0 Å². The molecular formula is C38H36N6+2. The van der Waals surface area contributed by atoms with E-state index in [-0.39, 0.29) is 0 Å². The standard InChI is InChI=1S/C38H34N6/c1-41(27-17-9-5-10-18-27)35-31-25-33-34(26-32(31)36(39-35)42(2)28-19-11-6-12-20-28)38(44(4)30-23-15-8-16-24-30)40-37(33)43(3)29-21-13-7-14-22-29/h5-26H,1-4H3/p+2. The maximum Gasteiger partial charge on any atom is 0.289 e. The molecule has 0 fully saturated rings. The summed E-state index contributed by atoms with van der Waals surface area (Å²) in [6.07, 6.45) is 0. The molecule has 0 saturated heterocycles. The van der Waals surface area contributed by atoms with Gasteiger partial charge in [-0.2, -0.15) is 0 Å². The van der Waals surface area contributed by atoms with Gasteiger partial charge in [0.15, 0.2) is 0 Å². The summed E-state index contributed by atoms with van der Waals surface area (Å²) in [6.45, 7) is 0. The number of benzene rings is 5. The highest BCUT2D eigenvalue weighted by molar-refractivity contribution is 6.09. The van der Waals surface area contributed by atoms with Gasteiger partial charge in [0.05, 0.1) is 35.7 Å². The van der Waals surface area contributed by atoms with Crippen molar-refractivity contribution in [2.75, 3.05) is 38.0 Å². The van der Waals surface area contributed by atoms with Gasteiger partial charge in [-0.1, -0.05) is 72.8 Å². The molecule has 0 atom stereocenters. The molecule has 6 heteroatoms. The summed E-state index contributed by atoms with van der Waals surface area (Å²) in [7, 11) is 8.50. The van der Waals surface area contributed by atoms with Gasteiger partial charge in [-0.05, 0) is 60.7 Å². The van der Waals surface area contributed by atoms with Crippen molar-refractivity contribution in [3.63, 3.8) is 0 Å². The topological polar surface area (TPSA) is 36.6 Å². The summed E-state index contributed by atoms with van der Waals surface area (Å²) in [4.78, 5) is 4.47. The van der Waals surface area contributed by atoms with Gasteiger partial charge in [0, 0.05) is 25.5 Å². The Bertz CT molecular complexity index is 1880. The van der Waals surface area contributed by atoms with Crippen LogP contribution in [0, 0.1) is 0 Å². The quantitative estimate of drug-likeness (QED) is 0.287. The van der Waals surface area contributed by atoms with Crippen LogP contribution in [0.1, 0.15) is 11.1 Å². The van der Waals surface area contributed by atoms with E-state index in [1.54, 1.807) is 0 Å². The van der Waals surface area contributed by atoms with E-state index in [0.717, 1.165) is 67.6 Å². The van der Waals surface area contributed by atoms with Crippen molar-refractivity contribution >= 4 is 46.1 Å². The zero-order valence-electron chi connectivity index (χ0n) is 25.5. The number of para-hydroxylation sites is 4. The van der Waals surface area contributed by atoms with Crippen LogP contribution in [-0.4, -0.2) is 49.0 Å². The van der Waals surface area contributed by atoms with Crippen LogP contribution >= 0.6 is 0 Å². The predicted molar refractivity (Wildman–Crippen MR) is 181 cm³/mol. The molecule has 2 aliphatic rings. The lowest BCUT2D eigenvalue weighted by Gasteiger charge is -2.18. The molecular weight excluding hydrogens is 540 g/mol. The third kappa shape index (κ3) is 4.71. The third-order valence-electron chi connectivity index (χ3n) is 8.57. The monoisotopic (exact) mass is 576 g/mol. The summed E-state index contributed by atoms with van der Waals surface area (Å²) >= 11 is 0. The fraction of sp³-hybridized carbons (Fsp3) is 0.105. The average molecular weight is 577 g/mol. The first-order valence-electron chi connectivity index (χ1n) is 14.9. The summed E-state index contributed by atoms with van der Waals surface area (Å²) in [6, 6.07) is 46.7. The van der Waals surface area contributed by atoms with E-state index in [1.165, 1.54) is 0 Å². The molecule has 2 N–H and O–H groups in total. The molecule has 44 heavy (non-hydrogen) atoms. The minimum atomic E-state index is 1.04. The first-order chi connectivity index (χ1) is 21.5. The Kier molecular flexibility index (Phi) is 6.95. The first-order valence-corrected chi connectivity index (χ1v) is 14.9. The number of hydrogen-bond acceptors (Lipinski definition) is 2. The van der Waals surface area contributed by atoms with Gasteiger partial charge in [-0.3, -0.25) is 0 Å². The number of hydrogen-bond donors (Lipinski definition) is 2. The molecule has 5 aromatic rings. The number of nitrogens with one attached hydrogen (secondary N) is 2. The average Bonchev–Trinajstić information content (AvgIpc) is 3.66. The fourth-order valence-electron chi connectivity index (χ4n) is 6.06. The minimum absolute atomic E-state index is 1.04. The van der Waals surface area contributed by atoms with E-state index in [1.807, 2.05) is 0 Å². The highest BCUT2D eigenvalue weighted by Crippen LogP contribution is 2.23. The molecule has 216 valence electrons. The molecule has 6 nitrogen and oxygen atoms in total. The lowest BCUT2D eigenvalue weighted by atomic mass is 10.1. The zero-order valence-corrected chi connectivity index (χ0v) is 25.5. The number of rotatable bonds is 6. The lowest BCUT2D eigenvalue weighted by molar-refractivity contribution is -0.406. The van der Waals surface area contributed by atoms with E-state index in [9.17, 15) is 0 Å². The SMILES string of the molecule is CN(C1=c2cc3c(cc2C(=[N+](C)c2ccccc2)N1)=C(N(C)c1ccccc1)NC3=[N+](C)c1ccccc1)c1ccccc1. The summed E-state index contributed by atoms with van der Waals surface area (Å²) in [5, 5.41) is 9.95. The van der Waals surface area contributed by atoms with Crippen LogP contribution in [0.5, 0.6) is 0 Å². The van der Waals surface area contributed by atoms with Crippen molar-refractivity contribution in [2.24, 2.45) is 0 Å². The number of anilines is 2. The highest BCUT2D eigenvalue weighted by atomic mass is 15.3. The zero-order chi connectivity index (χ0) is 30.2.